The van der Waals surface area contributed by atoms with Crippen molar-refractivity contribution in [2.75, 3.05) is 0 Å². The molecule has 1 aromatic heterocycles. The van der Waals surface area contributed by atoms with E-state index in [1.54, 1.807) is 6.07 Å². The first-order chi connectivity index (χ1) is 9.63. The van der Waals surface area contributed by atoms with Gasteiger partial charge in [0.1, 0.15) is 11.3 Å². The quantitative estimate of drug-likeness (QED) is 0.741. The molecule has 102 valence electrons. The van der Waals surface area contributed by atoms with Gasteiger partial charge in [-0.2, -0.15) is 0 Å². The molecule has 0 aliphatic carbocycles. The van der Waals surface area contributed by atoms with E-state index in [1.807, 2.05) is 42.5 Å². The highest BCUT2D eigenvalue weighted by atomic mass is 35.5. The van der Waals surface area contributed by atoms with E-state index in [-0.39, 0.29) is 6.04 Å². The van der Waals surface area contributed by atoms with Crippen molar-refractivity contribution in [3.63, 3.8) is 0 Å². The Morgan fingerprint density at radius 3 is 2.55 bits per heavy atom. The number of hydrogen-bond acceptors (Lipinski definition) is 2. The predicted octanol–water partition coefficient (Wildman–Crippen LogP) is 4.98. The third kappa shape index (κ3) is 2.68. The Morgan fingerprint density at radius 1 is 1.00 bits per heavy atom. The molecule has 2 nitrogen and oxygen atoms in total. The second-order valence-corrected chi connectivity index (χ2v) is 5.56. The molecule has 0 spiro atoms. The number of hydrogen-bond donors (Lipinski definition) is 1. The highest BCUT2D eigenvalue weighted by molar-refractivity contribution is 6.42. The minimum absolute atomic E-state index is 0.209. The maximum Gasteiger partial charge on any atom is 0.134 e. The van der Waals surface area contributed by atoms with E-state index in [0.29, 0.717) is 16.5 Å². The van der Waals surface area contributed by atoms with Gasteiger partial charge in [0, 0.05) is 5.39 Å². The second-order valence-electron chi connectivity index (χ2n) is 4.75. The van der Waals surface area contributed by atoms with E-state index in [0.717, 1.165) is 22.3 Å². The van der Waals surface area contributed by atoms with Gasteiger partial charge in [-0.15, -0.1) is 0 Å². The lowest BCUT2D eigenvalue weighted by Gasteiger charge is -2.09. The summed E-state index contributed by atoms with van der Waals surface area (Å²) in [7, 11) is 0. The molecule has 0 saturated heterocycles. The number of para-hydroxylation sites is 1. The van der Waals surface area contributed by atoms with Crippen molar-refractivity contribution in [3.05, 3.63) is 69.9 Å². The number of benzene rings is 2. The van der Waals surface area contributed by atoms with E-state index in [4.69, 9.17) is 33.4 Å². The average Bonchev–Trinajstić information content (AvgIpc) is 2.87. The zero-order valence-corrected chi connectivity index (χ0v) is 12.2. The molecule has 2 N–H and O–H groups in total. The van der Waals surface area contributed by atoms with Gasteiger partial charge in [-0.3, -0.25) is 0 Å². The highest BCUT2D eigenvalue weighted by Crippen LogP contribution is 2.27. The van der Waals surface area contributed by atoms with Gasteiger partial charge in [0.15, 0.2) is 0 Å². The van der Waals surface area contributed by atoms with Gasteiger partial charge >= 0.3 is 0 Å². The summed E-state index contributed by atoms with van der Waals surface area (Å²) in [4.78, 5) is 0. The summed E-state index contributed by atoms with van der Waals surface area (Å²) in [6.45, 7) is 0. The molecule has 3 rings (SSSR count). The molecule has 20 heavy (non-hydrogen) atoms. The zero-order chi connectivity index (χ0) is 14.1. The van der Waals surface area contributed by atoms with Crippen LogP contribution in [-0.4, -0.2) is 0 Å². The fourth-order valence-electron chi connectivity index (χ4n) is 2.21. The highest BCUT2D eigenvalue weighted by Gasteiger charge is 2.13. The standard InChI is InChI=1S/C16H13Cl2NO/c17-12-6-5-10(7-13(12)18)8-14(19)16-9-11-3-1-2-4-15(11)20-16/h1-7,9,14H,8,19H2. The molecular formula is C16H13Cl2NO. The molecule has 3 aromatic rings. The van der Waals surface area contributed by atoms with Crippen molar-refractivity contribution < 1.29 is 4.42 Å². The number of nitrogens with two attached hydrogens (primary N) is 1. The number of halogens is 2. The van der Waals surface area contributed by atoms with Crippen LogP contribution in [0.5, 0.6) is 0 Å². The normalized spacial score (nSPS) is 12.8. The van der Waals surface area contributed by atoms with Crippen molar-refractivity contribution in [3.8, 4) is 0 Å². The molecule has 1 heterocycles. The molecule has 0 fully saturated rings. The lowest BCUT2D eigenvalue weighted by atomic mass is 10.0. The van der Waals surface area contributed by atoms with E-state index in [9.17, 15) is 0 Å². The summed E-state index contributed by atoms with van der Waals surface area (Å²) in [5, 5.41) is 2.15. The summed E-state index contributed by atoms with van der Waals surface area (Å²) >= 11 is 11.9. The second kappa shape index (κ2) is 5.49. The molecule has 1 atom stereocenters. The third-order valence-electron chi connectivity index (χ3n) is 3.25. The van der Waals surface area contributed by atoms with Gasteiger partial charge in [0.2, 0.25) is 0 Å². The molecule has 0 aliphatic heterocycles. The first-order valence-corrected chi connectivity index (χ1v) is 7.07. The lowest BCUT2D eigenvalue weighted by molar-refractivity contribution is 0.494. The molecule has 0 bridgehead atoms. The largest absolute Gasteiger partial charge is 0.459 e. The van der Waals surface area contributed by atoms with Crippen molar-refractivity contribution >= 4 is 34.2 Å². The SMILES string of the molecule is NC(Cc1ccc(Cl)c(Cl)c1)c1cc2ccccc2o1. The fraction of sp³-hybridized carbons (Fsp3) is 0.125. The lowest BCUT2D eigenvalue weighted by Crippen LogP contribution is -2.12. The van der Waals surface area contributed by atoms with Gasteiger partial charge in [0.05, 0.1) is 16.1 Å². The summed E-state index contributed by atoms with van der Waals surface area (Å²) in [5.74, 6) is 0.775. The Morgan fingerprint density at radius 2 is 1.80 bits per heavy atom. The maximum atomic E-state index is 6.21. The molecular weight excluding hydrogens is 293 g/mol. The maximum absolute atomic E-state index is 6.21. The van der Waals surface area contributed by atoms with Gasteiger partial charge in [-0.25, -0.2) is 0 Å². The van der Waals surface area contributed by atoms with Gasteiger partial charge in [-0.1, -0.05) is 47.5 Å². The molecule has 1 unspecified atom stereocenters. The van der Waals surface area contributed by atoms with Crippen LogP contribution in [0.15, 0.2) is 52.9 Å². The summed E-state index contributed by atoms with van der Waals surface area (Å²) in [5.41, 5.74) is 8.10. The minimum Gasteiger partial charge on any atom is -0.459 e. The van der Waals surface area contributed by atoms with E-state index >= 15 is 0 Å². The van der Waals surface area contributed by atoms with Crippen LogP contribution >= 0.6 is 23.2 Å². The van der Waals surface area contributed by atoms with Gasteiger partial charge < -0.3 is 10.2 Å². The van der Waals surface area contributed by atoms with Gasteiger partial charge in [0.25, 0.3) is 0 Å². The van der Waals surface area contributed by atoms with Gasteiger partial charge in [-0.05, 0) is 36.2 Å². The number of rotatable bonds is 3. The third-order valence-corrected chi connectivity index (χ3v) is 3.99. The fourth-order valence-corrected chi connectivity index (χ4v) is 2.53. The van der Waals surface area contributed by atoms with Crippen LogP contribution in [-0.2, 0) is 6.42 Å². The van der Waals surface area contributed by atoms with Crippen molar-refractivity contribution in [1.82, 2.24) is 0 Å². The molecule has 0 saturated carbocycles. The van der Waals surface area contributed by atoms with Crippen LogP contribution in [0.2, 0.25) is 10.0 Å². The summed E-state index contributed by atoms with van der Waals surface area (Å²) < 4.78 is 5.77. The molecule has 0 radical (unpaired) electrons. The number of fused-ring (bicyclic) bond motifs is 1. The number of furan rings is 1. The summed E-state index contributed by atoms with van der Waals surface area (Å²) in [6, 6.07) is 15.2. The Hall–Kier alpha value is -1.48. The van der Waals surface area contributed by atoms with E-state index in [1.165, 1.54) is 0 Å². The van der Waals surface area contributed by atoms with Crippen molar-refractivity contribution in [1.29, 1.82) is 0 Å². The zero-order valence-electron chi connectivity index (χ0n) is 10.6. The molecule has 4 heteroatoms. The van der Waals surface area contributed by atoms with E-state index < -0.39 is 0 Å². The molecule has 2 aromatic carbocycles. The Labute approximate surface area is 127 Å². The predicted molar refractivity (Wildman–Crippen MR) is 83.3 cm³/mol. The smallest absolute Gasteiger partial charge is 0.134 e. The minimum atomic E-state index is -0.209. The van der Waals surface area contributed by atoms with Crippen molar-refractivity contribution in [2.45, 2.75) is 12.5 Å². The average molecular weight is 306 g/mol. The van der Waals surface area contributed by atoms with Crippen LogP contribution in [0.25, 0.3) is 11.0 Å². The van der Waals surface area contributed by atoms with Crippen LogP contribution in [0.4, 0.5) is 0 Å². The first-order valence-electron chi connectivity index (χ1n) is 6.31. The topological polar surface area (TPSA) is 39.2 Å². The van der Waals surface area contributed by atoms with Crippen LogP contribution < -0.4 is 5.73 Å². The Balaban J connectivity index is 1.84. The Bertz CT molecular complexity index is 718. The van der Waals surface area contributed by atoms with Crippen molar-refractivity contribution in [2.24, 2.45) is 5.73 Å². The first kappa shape index (κ1) is 13.5. The Kier molecular flexibility index (Phi) is 3.70. The molecule has 0 aliphatic rings. The van der Waals surface area contributed by atoms with Crippen LogP contribution in [0.3, 0.4) is 0 Å². The summed E-state index contributed by atoms with van der Waals surface area (Å²) in [6.07, 6.45) is 0.650. The van der Waals surface area contributed by atoms with E-state index in [2.05, 4.69) is 0 Å². The molecule has 0 amide bonds. The van der Waals surface area contributed by atoms with Crippen LogP contribution in [0.1, 0.15) is 17.4 Å². The van der Waals surface area contributed by atoms with Crippen LogP contribution in [0, 0.1) is 0 Å². The monoisotopic (exact) mass is 305 g/mol.